The second kappa shape index (κ2) is 8.24. The van der Waals surface area contributed by atoms with Gasteiger partial charge in [-0.3, -0.25) is 0 Å². The van der Waals surface area contributed by atoms with Crippen molar-refractivity contribution in [3.63, 3.8) is 0 Å². The summed E-state index contributed by atoms with van der Waals surface area (Å²) >= 11 is 0. The van der Waals surface area contributed by atoms with Gasteiger partial charge in [-0.1, -0.05) is 45.3 Å². The quantitative estimate of drug-likeness (QED) is 0.490. The van der Waals surface area contributed by atoms with E-state index in [1.54, 1.807) is 0 Å². The molecular formula is C14H37NO2Si3. The first-order valence-electron chi connectivity index (χ1n) is 8.01. The predicted octanol–water partition coefficient (Wildman–Crippen LogP) is 3.56. The molecule has 0 amide bonds. The summed E-state index contributed by atoms with van der Waals surface area (Å²) in [6.07, 6.45) is 1.12. The summed E-state index contributed by atoms with van der Waals surface area (Å²) in [5.41, 5.74) is 5.84. The highest BCUT2D eigenvalue weighted by atomic mass is 29.6. The first kappa shape index (κ1) is 20.5. The van der Waals surface area contributed by atoms with Crippen molar-refractivity contribution in [3.05, 3.63) is 0 Å². The SMILES string of the molecule is CCOC(OCC)[Si](CCCN)([Si](C)(C)C)[Si](C)(C)C. The first-order chi connectivity index (χ1) is 9.08. The molecule has 3 nitrogen and oxygen atoms in total. The Hall–Kier alpha value is 0.531. The molecule has 0 aromatic rings. The average molecular weight is 336 g/mol. The molecule has 0 aliphatic carbocycles. The molecule has 2 N–H and O–H groups in total. The number of rotatable bonds is 10. The zero-order valence-corrected chi connectivity index (χ0v) is 18.0. The van der Waals surface area contributed by atoms with Gasteiger partial charge >= 0.3 is 0 Å². The average Bonchev–Trinajstić information content (AvgIpc) is 2.26. The van der Waals surface area contributed by atoms with E-state index in [0.717, 1.165) is 26.2 Å². The summed E-state index contributed by atoms with van der Waals surface area (Å²) in [6, 6.07) is 1.28. The Morgan fingerprint density at radius 3 is 1.50 bits per heavy atom. The van der Waals surface area contributed by atoms with Gasteiger partial charge in [0.15, 0.2) is 0 Å². The van der Waals surface area contributed by atoms with Crippen LogP contribution in [0.1, 0.15) is 20.3 Å². The fraction of sp³-hybridized carbons (Fsp3) is 1.00. The maximum absolute atomic E-state index is 6.17. The van der Waals surface area contributed by atoms with E-state index in [0.29, 0.717) is 0 Å². The Morgan fingerprint density at radius 2 is 1.25 bits per heavy atom. The van der Waals surface area contributed by atoms with Crippen molar-refractivity contribution in [3.8, 4) is 0 Å². The molecule has 0 aliphatic rings. The highest BCUT2D eigenvalue weighted by Gasteiger charge is 2.60. The molecule has 0 rings (SSSR count). The van der Waals surface area contributed by atoms with Gasteiger partial charge in [0.2, 0.25) is 0 Å². The van der Waals surface area contributed by atoms with Crippen LogP contribution in [0, 0.1) is 0 Å². The molecule has 0 unspecified atom stereocenters. The molecule has 0 atom stereocenters. The molecule has 0 heterocycles. The summed E-state index contributed by atoms with van der Waals surface area (Å²) in [7, 11) is -4.34. The Kier molecular flexibility index (Phi) is 8.46. The number of hydrogen-bond donors (Lipinski definition) is 1. The summed E-state index contributed by atoms with van der Waals surface area (Å²) in [5, 5.41) is 0. The molecule has 0 spiro atoms. The largest absolute Gasteiger partial charge is 0.357 e. The molecule has 0 radical (unpaired) electrons. The zero-order chi connectivity index (χ0) is 16.0. The van der Waals surface area contributed by atoms with Crippen molar-refractivity contribution in [1.82, 2.24) is 0 Å². The van der Waals surface area contributed by atoms with E-state index in [2.05, 4.69) is 53.1 Å². The number of ether oxygens (including phenoxy) is 2. The van der Waals surface area contributed by atoms with Crippen molar-refractivity contribution in [1.29, 1.82) is 0 Å². The van der Waals surface area contributed by atoms with Crippen LogP contribution in [0.3, 0.4) is 0 Å². The smallest absolute Gasteiger partial charge is 0.137 e. The van der Waals surface area contributed by atoms with Crippen molar-refractivity contribution in [2.75, 3.05) is 19.8 Å². The normalized spacial score (nSPS) is 14.1. The monoisotopic (exact) mass is 335 g/mol. The molecule has 0 aliphatic heterocycles. The minimum atomic E-state index is -1.64. The van der Waals surface area contributed by atoms with Crippen LogP contribution in [0.5, 0.6) is 0 Å². The number of hydrogen-bond acceptors (Lipinski definition) is 3. The molecule has 0 saturated carbocycles. The van der Waals surface area contributed by atoms with Crippen LogP contribution in [-0.2, 0) is 9.47 Å². The summed E-state index contributed by atoms with van der Waals surface area (Å²) in [6.45, 7) is 21.6. The van der Waals surface area contributed by atoms with E-state index in [-0.39, 0.29) is 5.91 Å². The fourth-order valence-corrected chi connectivity index (χ4v) is 48.6. The molecule has 6 heteroatoms. The molecule has 20 heavy (non-hydrogen) atoms. The third-order valence-electron chi connectivity index (χ3n) is 4.49. The molecule has 0 bridgehead atoms. The molecule has 122 valence electrons. The van der Waals surface area contributed by atoms with Crippen LogP contribution in [0.2, 0.25) is 45.3 Å². The van der Waals surface area contributed by atoms with E-state index in [1.807, 2.05) is 0 Å². The van der Waals surface area contributed by atoms with Gasteiger partial charge in [0.25, 0.3) is 0 Å². The molecule has 0 aromatic carbocycles. The molecular weight excluding hydrogens is 298 g/mol. The van der Waals surface area contributed by atoms with Crippen LogP contribution in [-0.4, -0.2) is 48.0 Å². The van der Waals surface area contributed by atoms with Crippen molar-refractivity contribution in [2.45, 2.75) is 71.5 Å². The summed E-state index contributed by atoms with van der Waals surface area (Å²) < 4.78 is 12.3. The topological polar surface area (TPSA) is 44.5 Å². The first-order valence-corrected chi connectivity index (χ1v) is 19.3. The maximum atomic E-state index is 6.17. The van der Waals surface area contributed by atoms with Gasteiger partial charge in [0.05, 0.1) is 0 Å². The lowest BCUT2D eigenvalue weighted by Gasteiger charge is -2.53. The zero-order valence-electron chi connectivity index (χ0n) is 15.0. The molecule has 0 saturated heterocycles. The highest BCUT2D eigenvalue weighted by molar-refractivity contribution is 7.69. The summed E-state index contributed by atoms with van der Waals surface area (Å²) in [4.78, 5) is 0. The van der Waals surface area contributed by atoms with Gasteiger partial charge in [0.1, 0.15) is 13.0 Å². The van der Waals surface area contributed by atoms with Crippen LogP contribution >= 0.6 is 0 Å². The van der Waals surface area contributed by atoms with E-state index in [1.165, 1.54) is 6.04 Å². The Labute approximate surface area is 129 Å². The van der Waals surface area contributed by atoms with E-state index >= 15 is 0 Å². The van der Waals surface area contributed by atoms with Crippen molar-refractivity contribution >= 4 is 22.3 Å². The number of nitrogens with two attached hydrogens (primary N) is 1. The minimum absolute atomic E-state index is 0.0717. The fourth-order valence-electron chi connectivity index (χ4n) is 3.72. The van der Waals surface area contributed by atoms with Gasteiger partial charge < -0.3 is 15.2 Å². The van der Waals surface area contributed by atoms with Crippen LogP contribution in [0.15, 0.2) is 0 Å². The third-order valence-corrected chi connectivity index (χ3v) is 44.6. The predicted molar refractivity (Wildman–Crippen MR) is 98.0 cm³/mol. The highest BCUT2D eigenvalue weighted by Crippen LogP contribution is 2.38. The second-order valence-electron chi connectivity index (χ2n) is 7.61. The van der Waals surface area contributed by atoms with Gasteiger partial charge in [-0.2, -0.15) is 0 Å². The van der Waals surface area contributed by atoms with Crippen LogP contribution in [0.25, 0.3) is 0 Å². The van der Waals surface area contributed by atoms with Crippen molar-refractivity contribution in [2.24, 2.45) is 5.73 Å². The van der Waals surface area contributed by atoms with Gasteiger partial charge in [0, 0.05) is 28.4 Å². The Balaban J connectivity index is 5.80. The second-order valence-corrected chi connectivity index (χ2v) is 35.4. The lowest BCUT2D eigenvalue weighted by atomic mass is 10.5. The van der Waals surface area contributed by atoms with Gasteiger partial charge in [-0.05, 0) is 26.8 Å². The standard InChI is InChI=1S/C14H37NO2Si3/c1-9-16-14(17-10-2)20(13-11-12-15,18(3,4)5)19(6,7)8/h14H,9-13,15H2,1-8H3. The minimum Gasteiger partial charge on any atom is -0.357 e. The van der Waals surface area contributed by atoms with E-state index in [9.17, 15) is 0 Å². The van der Waals surface area contributed by atoms with E-state index in [4.69, 9.17) is 15.2 Å². The maximum Gasteiger partial charge on any atom is 0.137 e. The van der Waals surface area contributed by atoms with Gasteiger partial charge in [-0.25, -0.2) is 0 Å². The van der Waals surface area contributed by atoms with Crippen molar-refractivity contribution < 1.29 is 9.47 Å². The van der Waals surface area contributed by atoms with Crippen LogP contribution < -0.4 is 5.73 Å². The Bertz CT molecular complexity index is 255. The van der Waals surface area contributed by atoms with Crippen LogP contribution in [0.4, 0.5) is 0 Å². The lowest BCUT2D eigenvalue weighted by molar-refractivity contribution is -0.0857. The molecule has 0 aromatic heterocycles. The van der Waals surface area contributed by atoms with E-state index < -0.39 is 22.3 Å². The Morgan fingerprint density at radius 1 is 0.850 bits per heavy atom. The molecule has 0 fully saturated rings. The van der Waals surface area contributed by atoms with Gasteiger partial charge in [-0.15, -0.1) is 0 Å². The summed E-state index contributed by atoms with van der Waals surface area (Å²) in [5.74, 6) is 0.0717. The third kappa shape index (κ3) is 4.51. The lowest BCUT2D eigenvalue weighted by Crippen LogP contribution is -2.78.